The van der Waals surface area contributed by atoms with Crippen LogP contribution in [0.15, 0.2) is 18.2 Å². The Morgan fingerprint density at radius 2 is 2.00 bits per heavy atom. The predicted octanol–water partition coefficient (Wildman–Crippen LogP) is 1.93. The number of nitrogens with two attached hydrogens (primary N) is 1. The standard InChI is InChI=1S/C16H29N3O/c1-6-19(13(2)11-18(3)4)12-15-9-14(10-17)7-8-16(15)20-5/h7-9,13H,6,10-12,17H2,1-5H3. The number of hydrogen-bond acceptors (Lipinski definition) is 4. The minimum Gasteiger partial charge on any atom is -0.496 e. The van der Waals surface area contributed by atoms with Gasteiger partial charge in [0.1, 0.15) is 5.75 Å². The molecule has 4 heteroatoms. The molecule has 0 radical (unpaired) electrons. The Balaban J connectivity index is 2.87. The molecule has 0 aliphatic carbocycles. The zero-order valence-corrected chi connectivity index (χ0v) is 13.5. The second-order valence-electron chi connectivity index (χ2n) is 5.52. The van der Waals surface area contributed by atoms with E-state index >= 15 is 0 Å². The topological polar surface area (TPSA) is 41.7 Å². The molecule has 2 N–H and O–H groups in total. The van der Waals surface area contributed by atoms with E-state index in [1.807, 2.05) is 12.1 Å². The first-order valence-corrected chi connectivity index (χ1v) is 7.26. The van der Waals surface area contributed by atoms with Crippen LogP contribution in [0.3, 0.4) is 0 Å². The van der Waals surface area contributed by atoms with Crippen LogP contribution in [0.2, 0.25) is 0 Å². The lowest BCUT2D eigenvalue weighted by Crippen LogP contribution is -2.39. The molecule has 1 unspecified atom stereocenters. The minimum absolute atomic E-state index is 0.501. The Labute approximate surface area is 123 Å². The molecule has 0 saturated heterocycles. The van der Waals surface area contributed by atoms with Gasteiger partial charge in [0.05, 0.1) is 7.11 Å². The van der Waals surface area contributed by atoms with Crippen molar-refractivity contribution in [2.75, 3.05) is 34.3 Å². The second-order valence-corrected chi connectivity index (χ2v) is 5.52. The monoisotopic (exact) mass is 279 g/mol. The van der Waals surface area contributed by atoms with Gasteiger partial charge >= 0.3 is 0 Å². The van der Waals surface area contributed by atoms with E-state index in [0.29, 0.717) is 12.6 Å². The van der Waals surface area contributed by atoms with Crippen molar-refractivity contribution >= 4 is 0 Å². The summed E-state index contributed by atoms with van der Waals surface area (Å²) < 4.78 is 5.47. The van der Waals surface area contributed by atoms with E-state index in [1.54, 1.807) is 7.11 Å². The average Bonchev–Trinajstić information content (AvgIpc) is 2.43. The van der Waals surface area contributed by atoms with E-state index in [0.717, 1.165) is 30.9 Å². The van der Waals surface area contributed by atoms with Crippen LogP contribution in [0.5, 0.6) is 5.75 Å². The number of rotatable bonds is 8. The summed E-state index contributed by atoms with van der Waals surface area (Å²) in [5.41, 5.74) is 8.10. The smallest absolute Gasteiger partial charge is 0.123 e. The Kier molecular flexibility index (Phi) is 6.99. The van der Waals surface area contributed by atoms with Crippen molar-refractivity contribution in [1.82, 2.24) is 9.80 Å². The van der Waals surface area contributed by atoms with Gasteiger partial charge in [-0.3, -0.25) is 4.90 Å². The third-order valence-corrected chi connectivity index (χ3v) is 3.61. The van der Waals surface area contributed by atoms with Gasteiger partial charge in [-0.15, -0.1) is 0 Å². The summed E-state index contributed by atoms with van der Waals surface area (Å²) in [6.45, 7) is 7.99. The van der Waals surface area contributed by atoms with Gasteiger partial charge in [-0.2, -0.15) is 0 Å². The molecule has 0 amide bonds. The van der Waals surface area contributed by atoms with Crippen molar-refractivity contribution < 1.29 is 4.74 Å². The van der Waals surface area contributed by atoms with E-state index in [-0.39, 0.29) is 0 Å². The van der Waals surface area contributed by atoms with E-state index in [2.05, 4.69) is 43.8 Å². The summed E-state index contributed by atoms with van der Waals surface area (Å²) in [6, 6.07) is 6.70. The maximum absolute atomic E-state index is 5.74. The summed E-state index contributed by atoms with van der Waals surface area (Å²) in [6.07, 6.45) is 0. The molecule has 0 aliphatic heterocycles. The molecule has 0 bridgehead atoms. The van der Waals surface area contributed by atoms with Gasteiger partial charge in [0.2, 0.25) is 0 Å². The van der Waals surface area contributed by atoms with Gasteiger partial charge in [-0.05, 0) is 45.3 Å². The van der Waals surface area contributed by atoms with Crippen LogP contribution in [0, 0.1) is 0 Å². The molecule has 114 valence electrons. The maximum atomic E-state index is 5.74. The lowest BCUT2D eigenvalue weighted by molar-refractivity contribution is 0.172. The molecule has 0 fully saturated rings. The zero-order valence-electron chi connectivity index (χ0n) is 13.5. The van der Waals surface area contributed by atoms with Crippen molar-refractivity contribution in [2.24, 2.45) is 5.73 Å². The normalized spacial score (nSPS) is 13.0. The van der Waals surface area contributed by atoms with E-state index in [1.165, 1.54) is 5.56 Å². The average molecular weight is 279 g/mol. The molecule has 4 nitrogen and oxygen atoms in total. The summed E-state index contributed by atoms with van der Waals surface area (Å²) >= 11 is 0. The molecule has 1 atom stereocenters. The maximum Gasteiger partial charge on any atom is 0.123 e. The number of benzene rings is 1. The molecular weight excluding hydrogens is 250 g/mol. The first-order valence-electron chi connectivity index (χ1n) is 7.26. The van der Waals surface area contributed by atoms with Gasteiger partial charge in [0, 0.05) is 31.2 Å². The van der Waals surface area contributed by atoms with E-state index < -0.39 is 0 Å². The highest BCUT2D eigenvalue weighted by atomic mass is 16.5. The van der Waals surface area contributed by atoms with Crippen LogP contribution < -0.4 is 10.5 Å². The Morgan fingerprint density at radius 1 is 1.30 bits per heavy atom. The number of ether oxygens (including phenoxy) is 1. The van der Waals surface area contributed by atoms with Gasteiger partial charge in [-0.25, -0.2) is 0 Å². The zero-order chi connectivity index (χ0) is 15.1. The molecule has 1 aromatic rings. The molecule has 0 spiro atoms. The highest BCUT2D eigenvalue weighted by molar-refractivity contribution is 5.37. The molecule has 0 aliphatic rings. The number of likely N-dealkylation sites (N-methyl/N-ethyl adjacent to an activating group) is 2. The predicted molar refractivity (Wildman–Crippen MR) is 85.0 cm³/mol. The van der Waals surface area contributed by atoms with E-state index in [9.17, 15) is 0 Å². The lowest BCUT2D eigenvalue weighted by atomic mass is 10.1. The fourth-order valence-corrected chi connectivity index (χ4v) is 2.52. The van der Waals surface area contributed by atoms with Crippen LogP contribution >= 0.6 is 0 Å². The second kappa shape index (κ2) is 8.25. The molecule has 20 heavy (non-hydrogen) atoms. The summed E-state index contributed by atoms with van der Waals surface area (Å²) in [5.74, 6) is 0.942. The Bertz CT molecular complexity index is 407. The number of hydrogen-bond donors (Lipinski definition) is 1. The fraction of sp³-hybridized carbons (Fsp3) is 0.625. The molecule has 0 aromatic heterocycles. The minimum atomic E-state index is 0.501. The van der Waals surface area contributed by atoms with Crippen LogP contribution in [-0.4, -0.2) is 50.1 Å². The van der Waals surface area contributed by atoms with Crippen molar-refractivity contribution in [2.45, 2.75) is 33.0 Å². The van der Waals surface area contributed by atoms with Gasteiger partial charge in [0.25, 0.3) is 0 Å². The lowest BCUT2D eigenvalue weighted by Gasteiger charge is -2.30. The molecule has 1 aromatic carbocycles. The number of methoxy groups -OCH3 is 1. The highest BCUT2D eigenvalue weighted by Crippen LogP contribution is 2.22. The van der Waals surface area contributed by atoms with Gasteiger partial charge < -0.3 is 15.4 Å². The summed E-state index contributed by atoms with van der Waals surface area (Å²) in [7, 11) is 5.94. The molecular formula is C16H29N3O. The van der Waals surface area contributed by atoms with Gasteiger partial charge in [-0.1, -0.05) is 13.0 Å². The highest BCUT2D eigenvalue weighted by Gasteiger charge is 2.15. The SMILES string of the molecule is CCN(Cc1cc(CN)ccc1OC)C(C)CN(C)C. The Morgan fingerprint density at radius 3 is 2.50 bits per heavy atom. The quantitative estimate of drug-likeness (QED) is 0.789. The van der Waals surface area contributed by atoms with Crippen LogP contribution in [0.25, 0.3) is 0 Å². The summed E-state index contributed by atoms with van der Waals surface area (Å²) in [4.78, 5) is 4.68. The van der Waals surface area contributed by atoms with Crippen LogP contribution in [0.1, 0.15) is 25.0 Å². The Hall–Kier alpha value is -1.10. The third kappa shape index (κ3) is 4.78. The van der Waals surface area contributed by atoms with Crippen molar-refractivity contribution in [3.05, 3.63) is 29.3 Å². The molecule has 0 saturated carbocycles. The molecule has 1 rings (SSSR count). The van der Waals surface area contributed by atoms with Crippen molar-refractivity contribution in [3.63, 3.8) is 0 Å². The third-order valence-electron chi connectivity index (χ3n) is 3.61. The van der Waals surface area contributed by atoms with Crippen LogP contribution in [-0.2, 0) is 13.1 Å². The van der Waals surface area contributed by atoms with Crippen LogP contribution in [0.4, 0.5) is 0 Å². The fourth-order valence-electron chi connectivity index (χ4n) is 2.52. The number of nitrogens with zero attached hydrogens (tertiary/aromatic N) is 2. The van der Waals surface area contributed by atoms with Gasteiger partial charge in [0.15, 0.2) is 0 Å². The molecule has 0 heterocycles. The first-order chi connectivity index (χ1) is 9.51. The summed E-state index contributed by atoms with van der Waals surface area (Å²) in [5, 5.41) is 0. The first kappa shape index (κ1) is 17.0. The van der Waals surface area contributed by atoms with E-state index in [4.69, 9.17) is 10.5 Å². The largest absolute Gasteiger partial charge is 0.496 e. The van der Waals surface area contributed by atoms with Crippen molar-refractivity contribution in [3.8, 4) is 5.75 Å². The van der Waals surface area contributed by atoms with Crippen molar-refractivity contribution in [1.29, 1.82) is 0 Å².